The molecular weight excluding hydrogens is 264 g/mol. The predicted octanol–water partition coefficient (Wildman–Crippen LogP) is 6.95. The summed E-state index contributed by atoms with van der Waals surface area (Å²) in [7, 11) is 0. The Kier molecular flexibility index (Phi) is 6.16. The first-order valence-corrected chi connectivity index (χ1v) is 9.67. The van der Waals surface area contributed by atoms with Crippen LogP contribution in [-0.2, 0) is 0 Å². The standard InChI is InChI=1S/C22H31/c1-2-4-6-8-10-14-19-18-20-15-12-13-17-22(20)21(19)16-11-9-7-5-3-1/h12-13,15,17,21H,1-11,14,16H2. The predicted molar refractivity (Wildman–Crippen MR) is 95.1 cm³/mol. The molecule has 0 saturated heterocycles. The van der Waals surface area contributed by atoms with Gasteiger partial charge >= 0.3 is 0 Å². The van der Waals surface area contributed by atoms with Gasteiger partial charge in [0.15, 0.2) is 0 Å². The molecule has 2 aliphatic rings. The maximum Gasteiger partial charge on any atom is 0.00637 e. The van der Waals surface area contributed by atoms with Gasteiger partial charge in [-0.15, -0.1) is 0 Å². The molecule has 0 N–H and O–H groups in total. The highest BCUT2D eigenvalue weighted by molar-refractivity contribution is 5.46. The van der Waals surface area contributed by atoms with Crippen LogP contribution in [0.25, 0.3) is 0 Å². The average molecular weight is 295 g/mol. The summed E-state index contributed by atoms with van der Waals surface area (Å²) in [6.45, 7) is 0. The lowest BCUT2D eigenvalue weighted by Gasteiger charge is -2.17. The first kappa shape index (κ1) is 15.8. The molecule has 0 aromatic heterocycles. The van der Waals surface area contributed by atoms with Crippen LogP contribution in [0.1, 0.15) is 101 Å². The van der Waals surface area contributed by atoms with E-state index in [-0.39, 0.29) is 0 Å². The van der Waals surface area contributed by atoms with Crippen molar-refractivity contribution in [3.05, 3.63) is 47.0 Å². The molecule has 119 valence electrons. The Balaban J connectivity index is 1.64. The summed E-state index contributed by atoms with van der Waals surface area (Å²) in [5, 5.41) is 0. The fraction of sp³-hybridized carbons (Fsp3) is 0.636. The highest BCUT2D eigenvalue weighted by Gasteiger charge is 2.24. The van der Waals surface area contributed by atoms with Gasteiger partial charge in [-0.3, -0.25) is 0 Å². The van der Waals surface area contributed by atoms with Crippen molar-refractivity contribution in [1.29, 1.82) is 0 Å². The maximum atomic E-state index is 3.75. The Morgan fingerprint density at radius 3 is 2.00 bits per heavy atom. The average Bonchev–Trinajstić information content (AvgIpc) is 2.88. The number of hydrogen-bond donors (Lipinski definition) is 0. The SMILES string of the molecule is [C]1=C2CCCCCCCCCCCCCC2c2ccccc21. The molecule has 1 unspecified atom stereocenters. The zero-order valence-corrected chi connectivity index (χ0v) is 14.1. The Hall–Kier alpha value is -1.04. The van der Waals surface area contributed by atoms with Crippen molar-refractivity contribution in [3.63, 3.8) is 0 Å². The van der Waals surface area contributed by atoms with Gasteiger partial charge in [0.1, 0.15) is 0 Å². The second-order valence-electron chi connectivity index (χ2n) is 7.22. The monoisotopic (exact) mass is 295 g/mol. The quantitative estimate of drug-likeness (QED) is 0.486. The van der Waals surface area contributed by atoms with Gasteiger partial charge in [0.05, 0.1) is 0 Å². The van der Waals surface area contributed by atoms with Crippen LogP contribution in [0.15, 0.2) is 29.8 Å². The van der Waals surface area contributed by atoms with Crippen molar-refractivity contribution in [1.82, 2.24) is 0 Å². The number of allylic oxidation sites excluding steroid dienone is 1. The van der Waals surface area contributed by atoms with Gasteiger partial charge in [-0.2, -0.15) is 0 Å². The lowest BCUT2D eigenvalue weighted by molar-refractivity contribution is 0.543. The third-order valence-corrected chi connectivity index (χ3v) is 5.49. The van der Waals surface area contributed by atoms with Gasteiger partial charge in [0.25, 0.3) is 0 Å². The van der Waals surface area contributed by atoms with E-state index in [0.29, 0.717) is 5.92 Å². The molecule has 2 aliphatic carbocycles. The summed E-state index contributed by atoms with van der Waals surface area (Å²) >= 11 is 0. The van der Waals surface area contributed by atoms with Crippen LogP contribution in [0.4, 0.5) is 0 Å². The van der Waals surface area contributed by atoms with Gasteiger partial charge in [0.2, 0.25) is 0 Å². The fourth-order valence-electron chi connectivity index (χ4n) is 4.18. The molecule has 1 atom stereocenters. The molecule has 3 rings (SSSR count). The molecular formula is C22H31. The third-order valence-electron chi connectivity index (χ3n) is 5.49. The van der Waals surface area contributed by atoms with E-state index in [2.05, 4.69) is 30.3 Å². The molecule has 1 saturated carbocycles. The molecule has 0 spiro atoms. The van der Waals surface area contributed by atoms with Crippen molar-refractivity contribution in [2.45, 2.75) is 89.4 Å². The van der Waals surface area contributed by atoms with Crippen LogP contribution in [-0.4, -0.2) is 0 Å². The topological polar surface area (TPSA) is 0 Å². The van der Waals surface area contributed by atoms with Crippen molar-refractivity contribution in [2.75, 3.05) is 0 Å². The highest BCUT2D eigenvalue weighted by atomic mass is 14.3. The zero-order valence-electron chi connectivity index (χ0n) is 14.1. The summed E-state index contributed by atoms with van der Waals surface area (Å²) in [5.41, 5.74) is 4.54. The molecule has 1 radical (unpaired) electrons. The second-order valence-corrected chi connectivity index (χ2v) is 7.22. The minimum Gasteiger partial charge on any atom is -0.0619 e. The number of rotatable bonds is 0. The normalized spacial score (nSPS) is 24.5. The van der Waals surface area contributed by atoms with Crippen molar-refractivity contribution < 1.29 is 0 Å². The number of fused-ring (bicyclic) bond motifs is 3. The Morgan fingerprint density at radius 2 is 1.27 bits per heavy atom. The summed E-state index contributed by atoms with van der Waals surface area (Å²) in [5.74, 6) is 0.682. The smallest absolute Gasteiger partial charge is 0.00637 e. The lowest BCUT2D eigenvalue weighted by atomic mass is 9.88. The molecule has 1 aromatic carbocycles. The van der Waals surface area contributed by atoms with E-state index >= 15 is 0 Å². The van der Waals surface area contributed by atoms with E-state index in [1.54, 1.807) is 11.1 Å². The zero-order chi connectivity index (χ0) is 15.0. The molecule has 0 bridgehead atoms. The van der Waals surface area contributed by atoms with Crippen LogP contribution in [0.3, 0.4) is 0 Å². The van der Waals surface area contributed by atoms with Gasteiger partial charge in [-0.25, -0.2) is 0 Å². The van der Waals surface area contributed by atoms with Crippen LogP contribution in [0.2, 0.25) is 0 Å². The van der Waals surface area contributed by atoms with E-state index in [1.807, 2.05) is 0 Å². The Labute approximate surface area is 137 Å². The molecule has 0 heteroatoms. The molecule has 0 amide bonds. The molecule has 1 aromatic rings. The fourth-order valence-corrected chi connectivity index (χ4v) is 4.18. The molecule has 0 aliphatic heterocycles. The highest BCUT2D eigenvalue weighted by Crippen LogP contribution is 2.40. The Morgan fingerprint density at radius 1 is 0.682 bits per heavy atom. The maximum absolute atomic E-state index is 3.75. The van der Waals surface area contributed by atoms with E-state index in [4.69, 9.17) is 0 Å². The summed E-state index contributed by atoms with van der Waals surface area (Å²) < 4.78 is 0. The summed E-state index contributed by atoms with van der Waals surface area (Å²) in [4.78, 5) is 0. The van der Waals surface area contributed by atoms with Crippen molar-refractivity contribution >= 4 is 0 Å². The van der Waals surface area contributed by atoms with Crippen molar-refractivity contribution in [2.24, 2.45) is 0 Å². The third kappa shape index (κ3) is 4.24. The molecule has 0 nitrogen and oxygen atoms in total. The summed E-state index contributed by atoms with van der Waals surface area (Å²) in [6.07, 6.45) is 22.1. The van der Waals surface area contributed by atoms with Gasteiger partial charge in [0, 0.05) is 5.92 Å². The number of hydrogen-bond acceptors (Lipinski definition) is 0. The van der Waals surface area contributed by atoms with E-state index in [1.165, 1.54) is 89.0 Å². The molecule has 1 fully saturated rings. The number of benzene rings is 1. The van der Waals surface area contributed by atoms with E-state index in [0.717, 1.165) is 0 Å². The first-order valence-electron chi connectivity index (χ1n) is 9.67. The minimum atomic E-state index is 0.682. The minimum absolute atomic E-state index is 0.682. The van der Waals surface area contributed by atoms with Crippen LogP contribution < -0.4 is 0 Å². The van der Waals surface area contributed by atoms with Crippen LogP contribution in [0, 0.1) is 6.08 Å². The van der Waals surface area contributed by atoms with Crippen LogP contribution in [0.5, 0.6) is 0 Å². The van der Waals surface area contributed by atoms with E-state index < -0.39 is 0 Å². The van der Waals surface area contributed by atoms with Gasteiger partial charge in [-0.05, 0) is 36.5 Å². The summed E-state index contributed by atoms with van der Waals surface area (Å²) in [6, 6.07) is 8.97. The van der Waals surface area contributed by atoms with Gasteiger partial charge in [-0.1, -0.05) is 94.0 Å². The van der Waals surface area contributed by atoms with Crippen molar-refractivity contribution in [3.8, 4) is 0 Å². The molecule has 0 heterocycles. The Bertz CT molecular complexity index is 483. The van der Waals surface area contributed by atoms with Gasteiger partial charge < -0.3 is 0 Å². The lowest BCUT2D eigenvalue weighted by Crippen LogP contribution is -2.00. The second kappa shape index (κ2) is 8.56. The van der Waals surface area contributed by atoms with E-state index in [9.17, 15) is 0 Å². The molecule has 22 heavy (non-hydrogen) atoms. The first-order chi connectivity index (χ1) is 10.9. The van der Waals surface area contributed by atoms with Crippen LogP contribution >= 0.6 is 0 Å². The largest absolute Gasteiger partial charge is 0.0619 e.